The van der Waals surface area contributed by atoms with Crippen LogP contribution in [0.2, 0.25) is 0 Å². The molecule has 0 saturated heterocycles. The summed E-state index contributed by atoms with van der Waals surface area (Å²) in [4.78, 5) is 25.7. The maximum Gasteiger partial charge on any atom is 0.355 e. The highest BCUT2D eigenvalue weighted by molar-refractivity contribution is 6.03. The van der Waals surface area contributed by atoms with Crippen LogP contribution < -0.4 is 4.90 Å². The van der Waals surface area contributed by atoms with E-state index in [4.69, 9.17) is 14.2 Å². The Labute approximate surface area is 135 Å². The van der Waals surface area contributed by atoms with Gasteiger partial charge < -0.3 is 19.1 Å². The van der Waals surface area contributed by atoms with E-state index in [-0.39, 0.29) is 24.6 Å². The van der Waals surface area contributed by atoms with Crippen molar-refractivity contribution in [2.24, 2.45) is 0 Å². The molecule has 23 heavy (non-hydrogen) atoms. The minimum absolute atomic E-state index is 0.0116. The van der Waals surface area contributed by atoms with Crippen LogP contribution in [-0.2, 0) is 23.8 Å². The molecular formula is C17H21NO5. The summed E-state index contributed by atoms with van der Waals surface area (Å²) >= 11 is 0. The summed E-state index contributed by atoms with van der Waals surface area (Å²) in [5.41, 5.74) is 2.24. The average molecular weight is 319 g/mol. The summed E-state index contributed by atoms with van der Waals surface area (Å²) in [5.74, 6) is -0.793. The van der Waals surface area contributed by atoms with E-state index in [0.29, 0.717) is 5.92 Å². The molecule has 1 aliphatic rings. The van der Waals surface area contributed by atoms with Crippen molar-refractivity contribution in [2.45, 2.75) is 19.8 Å². The lowest BCUT2D eigenvalue weighted by Crippen LogP contribution is -2.38. The summed E-state index contributed by atoms with van der Waals surface area (Å²) in [5, 5.41) is 0. The highest BCUT2D eigenvalue weighted by Gasteiger charge is 2.32. The zero-order chi connectivity index (χ0) is 17.0. The third-order valence-electron chi connectivity index (χ3n) is 3.70. The molecule has 0 amide bonds. The minimum Gasteiger partial charge on any atom is -0.466 e. The van der Waals surface area contributed by atoms with Crippen LogP contribution in [0.25, 0.3) is 0 Å². The van der Waals surface area contributed by atoms with Gasteiger partial charge in [-0.1, -0.05) is 26.0 Å². The first kappa shape index (κ1) is 17.0. The molecule has 1 aliphatic heterocycles. The number of carbonyl (C=O) groups excluding carboxylic acids is 2. The van der Waals surface area contributed by atoms with Gasteiger partial charge in [-0.25, -0.2) is 9.59 Å². The predicted molar refractivity (Wildman–Crippen MR) is 84.9 cm³/mol. The highest BCUT2D eigenvalue weighted by atomic mass is 16.5. The van der Waals surface area contributed by atoms with E-state index >= 15 is 0 Å². The van der Waals surface area contributed by atoms with Crippen LogP contribution in [0.5, 0.6) is 0 Å². The molecule has 0 unspecified atom stereocenters. The second-order valence-corrected chi connectivity index (χ2v) is 5.46. The lowest BCUT2D eigenvalue weighted by atomic mass is 10.0. The van der Waals surface area contributed by atoms with Crippen LogP contribution >= 0.6 is 0 Å². The second kappa shape index (κ2) is 7.28. The normalized spacial score (nSPS) is 14.9. The third-order valence-corrected chi connectivity index (χ3v) is 3.70. The molecule has 0 fully saturated rings. The number of methoxy groups -OCH3 is 2. The quantitative estimate of drug-likeness (QED) is 0.793. The molecule has 1 heterocycles. The topological polar surface area (TPSA) is 65.1 Å². The van der Waals surface area contributed by atoms with Gasteiger partial charge in [0.1, 0.15) is 12.4 Å². The Hall–Kier alpha value is -2.34. The number of hydrogen-bond donors (Lipinski definition) is 0. The van der Waals surface area contributed by atoms with E-state index in [1.807, 2.05) is 24.3 Å². The fraction of sp³-hybridized carbons (Fsp3) is 0.412. The molecule has 0 aromatic heterocycles. The summed E-state index contributed by atoms with van der Waals surface area (Å²) in [7, 11) is 2.54. The molecule has 0 N–H and O–H groups in total. The maximum atomic E-state index is 12.2. The second-order valence-electron chi connectivity index (χ2n) is 5.46. The molecule has 1 aromatic rings. The van der Waals surface area contributed by atoms with Crippen molar-refractivity contribution in [1.82, 2.24) is 0 Å². The van der Waals surface area contributed by atoms with Gasteiger partial charge in [0, 0.05) is 5.69 Å². The summed E-state index contributed by atoms with van der Waals surface area (Å²) < 4.78 is 15.0. The molecule has 6 heteroatoms. The zero-order valence-electron chi connectivity index (χ0n) is 13.8. The first-order valence-corrected chi connectivity index (χ1v) is 7.34. The van der Waals surface area contributed by atoms with Crippen molar-refractivity contribution < 1.29 is 23.8 Å². The van der Waals surface area contributed by atoms with E-state index in [1.54, 1.807) is 4.90 Å². The SMILES string of the molecule is COC(=O)C1=C(C(=O)OC)N(c2ccc(C(C)C)cc2)COC1. The van der Waals surface area contributed by atoms with E-state index in [1.165, 1.54) is 19.8 Å². The van der Waals surface area contributed by atoms with Gasteiger partial charge in [-0.05, 0) is 23.6 Å². The Kier molecular flexibility index (Phi) is 5.39. The third kappa shape index (κ3) is 3.53. The summed E-state index contributed by atoms with van der Waals surface area (Å²) in [6, 6.07) is 7.76. The van der Waals surface area contributed by atoms with Gasteiger partial charge in [-0.15, -0.1) is 0 Å². The standard InChI is InChI=1S/C17H21NO5/c1-11(2)12-5-7-13(8-6-12)18-10-23-9-14(16(19)21-3)15(18)17(20)22-4/h5-8,11H,9-10H2,1-4H3. The predicted octanol–water partition coefficient (Wildman–Crippen LogP) is 2.20. The van der Waals surface area contributed by atoms with E-state index in [9.17, 15) is 9.59 Å². The van der Waals surface area contributed by atoms with Gasteiger partial charge in [-0.2, -0.15) is 0 Å². The lowest BCUT2D eigenvalue weighted by molar-refractivity contribution is -0.140. The highest BCUT2D eigenvalue weighted by Crippen LogP contribution is 2.28. The Morgan fingerprint density at radius 2 is 1.70 bits per heavy atom. The van der Waals surface area contributed by atoms with Gasteiger partial charge in [0.15, 0.2) is 0 Å². The Bertz CT molecular complexity index is 618. The number of carbonyl (C=O) groups is 2. The monoisotopic (exact) mass is 319 g/mol. The van der Waals surface area contributed by atoms with Gasteiger partial charge in [0.25, 0.3) is 0 Å². The molecular weight excluding hydrogens is 298 g/mol. The Morgan fingerprint density at radius 3 is 2.22 bits per heavy atom. The molecule has 0 atom stereocenters. The Balaban J connectivity index is 2.46. The molecule has 124 valence electrons. The molecule has 6 nitrogen and oxygen atoms in total. The van der Waals surface area contributed by atoms with Crippen molar-refractivity contribution in [1.29, 1.82) is 0 Å². The van der Waals surface area contributed by atoms with Crippen LogP contribution in [0, 0.1) is 0 Å². The summed E-state index contributed by atoms with van der Waals surface area (Å²) in [6.07, 6.45) is 0. The average Bonchev–Trinajstić information content (AvgIpc) is 2.59. The zero-order valence-corrected chi connectivity index (χ0v) is 13.8. The first-order chi connectivity index (χ1) is 11.0. The number of ether oxygens (including phenoxy) is 3. The van der Waals surface area contributed by atoms with Crippen molar-refractivity contribution in [2.75, 3.05) is 32.5 Å². The largest absolute Gasteiger partial charge is 0.466 e. The number of rotatable bonds is 4. The van der Waals surface area contributed by atoms with Crippen molar-refractivity contribution in [3.8, 4) is 0 Å². The van der Waals surface area contributed by atoms with E-state index in [2.05, 4.69) is 13.8 Å². The van der Waals surface area contributed by atoms with Gasteiger partial charge >= 0.3 is 11.9 Å². The number of esters is 2. The first-order valence-electron chi connectivity index (χ1n) is 7.34. The molecule has 0 spiro atoms. The van der Waals surface area contributed by atoms with Crippen LogP contribution in [0.1, 0.15) is 25.3 Å². The van der Waals surface area contributed by atoms with Crippen molar-refractivity contribution in [3.63, 3.8) is 0 Å². The Morgan fingerprint density at radius 1 is 1.09 bits per heavy atom. The fourth-order valence-corrected chi connectivity index (χ4v) is 2.39. The molecule has 0 bridgehead atoms. The van der Waals surface area contributed by atoms with Crippen molar-refractivity contribution in [3.05, 3.63) is 41.1 Å². The van der Waals surface area contributed by atoms with Gasteiger partial charge in [-0.3, -0.25) is 0 Å². The molecule has 0 saturated carbocycles. The molecule has 0 aliphatic carbocycles. The van der Waals surface area contributed by atoms with Crippen LogP contribution in [-0.4, -0.2) is 39.5 Å². The number of hydrogen-bond acceptors (Lipinski definition) is 6. The van der Waals surface area contributed by atoms with Crippen molar-refractivity contribution >= 4 is 17.6 Å². The van der Waals surface area contributed by atoms with Crippen LogP contribution in [0.4, 0.5) is 5.69 Å². The van der Waals surface area contributed by atoms with Crippen LogP contribution in [0.15, 0.2) is 35.5 Å². The van der Waals surface area contributed by atoms with Crippen LogP contribution in [0.3, 0.4) is 0 Å². The van der Waals surface area contributed by atoms with E-state index < -0.39 is 11.9 Å². The minimum atomic E-state index is -0.603. The molecule has 1 aromatic carbocycles. The smallest absolute Gasteiger partial charge is 0.355 e. The number of benzene rings is 1. The number of anilines is 1. The molecule has 2 rings (SSSR count). The lowest BCUT2D eigenvalue weighted by Gasteiger charge is -2.31. The maximum absolute atomic E-state index is 12.2. The van der Waals surface area contributed by atoms with Gasteiger partial charge in [0.05, 0.1) is 26.4 Å². The number of nitrogens with zero attached hydrogens (tertiary/aromatic N) is 1. The van der Waals surface area contributed by atoms with E-state index in [0.717, 1.165) is 5.69 Å². The van der Waals surface area contributed by atoms with Gasteiger partial charge in [0.2, 0.25) is 0 Å². The fourth-order valence-electron chi connectivity index (χ4n) is 2.39. The molecule has 0 radical (unpaired) electrons. The summed E-state index contributed by atoms with van der Waals surface area (Å²) in [6.45, 7) is 4.38.